The molecule has 0 bridgehead atoms. The molecule has 0 radical (unpaired) electrons. The monoisotopic (exact) mass is 434 g/mol. The molecular formula is C23H28Cl2N2O2. The van der Waals surface area contributed by atoms with Gasteiger partial charge in [0.1, 0.15) is 6.04 Å². The van der Waals surface area contributed by atoms with E-state index in [4.69, 9.17) is 23.2 Å². The first kappa shape index (κ1) is 23.2. The topological polar surface area (TPSA) is 49.4 Å². The van der Waals surface area contributed by atoms with Gasteiger partial charge in [-0.05, 0) is 50.5 Å². The van der Waals surface area contributed by atoms with E-state index in [-0.39, 0.29) is 24.8 Å². The van der Waals surface area contributed by atoms with E-state index in [9.17, 15) is 9.59 Å². The normalized spacial score (nSPS) is 12.3. The molecule has 0 saturated carbocycles. The molecule has 29 heavy (non-hydrogen) atoms. The summed E-state index contributed by atoms with van der Waals surface area (Å²) < 4.78 is 0. The SMILES string of the molecule is CC[C@H](C(=O)NC(C)(C)C)N(Cc1ccc(Cl)cc1Cl)C(=O)Cc1ccccc1. The summed E-state index contributed by atoms with van der Waals surface area (Å²) in [5.41, 5.74) is 1.26. The maximum Gasteiger partial charge on any atom is 0.243 e. The average Bonchev–Trinajstić information content (AvgIpc) is 2.62. The third-order valence-corrected chi connectivity index (χ3v) is 5.03. The number of nitrogens with zero attached hydrogens (tertiary/aromatic N) is 1. The minimum Gasteiger partial charge on any atom is -0.350 e. The highest BCUT2D eigenvalue weighted by Crippen LogP contribution is 2.24. The highest BCUT2D eigenvalue weighted by atomic mass is 35.5. The van der Waals surface area contributed by atoms with Crippen molar-refractivity contribution in [3.8, 4) is 0 Å². The van der Waals surface area contributed by atoms with Gasteiger partial charge in [0.05, 0.1) is 6.42 Å². The van der Waals surface area contributed by atoms with Crippen LogP contribution in [-0.4, -0.2) is 28.3 Å². The standard InChI is InChI=1S/C23H28Cl2N2O2/c1-5-20(22(29)26-23(2,3)4)27(15-17-11-12-18(24)14-19(17)25)21(28)13-16-9-7-6-8-10-16/h6-12,14,20H,5,13,15H2,1-4H3,(H,26,29)/t20-/m1/s1. The number of rotatable bonds is 7. The Kier molecular flexibility index (Phi) is 8.12. The zero-order chi connectivity index (χ0) is 21.6. The second-order valence-electron chi connectivity index (χ2n) is 8.08. The summed E-state index contributed by atoms with van der Waals surface area (Å²) in [5, 5.41) is 3.99. The number of nitrogens with one attached hydrogen (secondary N) is 1. The molecule has 0 aliphatic rings. The van der Waals surface area contributed by atoms with Crippen molar-refractivity contribution in [2.45, 2.75) is 58.7 Å². The van der Waals surface area contributed by atoms with Crippen LogP contribution in [0.15, 0.2) is 48.5 Å². The average molecular weight is 435 g/mol. The Hall–Kier alpha value is -2.04. The largest absolute Gasteiger partial charge is 0.350 e. The summed E-state index contributed by atoms with van der Waals surface area (Å²) in [5.74, 6) is -0.301. The van der Waals surface area contributed by atoms with Gasteiger partial charge in [0, 0.05) is 22.1 Å². The van der Waals surface area contributed by atoms with Crippen LogP contribution in [0.25, 0.3) is 0 Å². The third-order valence-electron chi connectivity index (χ3n) is 4.44. The van der Waals surface area contributed by atoms with Gasteiger partial charge in [-0.15, -0.1) is 0 Å². The fraction of sp³-hybridized carbons (Fsp3) is 0.391. The lowest BCUT2D eigenvalue weighted by atomic mass is 10.0. The first-order chi connectivity index (χ1) is 13.6. The van der Waals surface area contributed by atoms with Crippen LogP contribution in [0.2, 0.25) is 10.0 Å². The lowest BCUT2D eigenvalue weighted by Crippen LogP contribution is -2.53. The number of amides is 2. The number of benzene rings is 2. The van der Waals surface area contributed by atoms with E-state index in [1.165, 1.54) is 0 Å². The van der Waals surface area contributed by atoms with Crippen LogP contribution >= 0.6 is 23.2 Å². The summed E-state index contributed by atoms with van der Waals surface area (Å²) in [6, 6.07) is 14.1. The van der Waals surface area contributed by atoms with Crippen LogP contribution in [0.3, 0.4) is 0 Å². The summed E-state index contributed by atoms with van der Waals surface area (Å²) in [4.78, 5) is 27.8. The lowest BCUT2D eigenvalue weighted by Gasteiger charge is -2.33. The molecule has 2 amide bonds. The molecule has 1 N–H and O–H groups in total. The van der Waals surface area contributed by atoms with E-state index in [1.54, 1.807) is 23.1 Å². The van der Waals surface area contributed by atoms with Gasteiger partial charge in [-0.1, -0.05) is 66.5 Å². The molecule has 6 heteroatoms. The molecule has 0 heterocycles. The maximum atomic E-state index is 13.2. The third kappa shape index (κ3) is 7.06. The second kappa shape index (κ2) is 10.1. The Balaban J connectivity index is 2.34. The number of carbonyl (C=O) groups is 2. The van der Waals surface area contributed by atoms with E-state index in [0.29, 0.717) is 16.5 Å². The summed E-state index contributed by atoms with van der Waals surface area (Å²) in [7, 11) is 0. The number of carbonyl (C=O) groups excluding carboxylic acids is 2. The molecule has 4 nitrogen and oxygen atoms in total. The van der Waals surface area contributed by atoms with Crippen LogP contribution in [0, 0.1) is 0 Å². The van der Waals surface area contributed by atoms with Crippen LogP contribution in [-0.2, 0) is 22.6 Å². The molecule has 0 spiro atoms. The highest BCUT2D eigenvalue weighted by Gasteiger charge is 2.31. The van der Waals surface area contributed by atoms with Gasteiger partial charge in [0.2, 0.25) is 11.8 Å². The van der Waals surface area contributed by atoms with Gasteiger partial charge in [-0.3, -0.25) is 9.59 Å². The van der Waals surface area contributed by atoms with Crippen molar-refractivity contribution in [3.63, 3.8) is 0 Å². The quantitative estimate of drug-likeness (QED) is 0.645. The van der Waals surface area contributed by atoms with Crippen molar-refractivity contribution in [1.29, 1.82) is 0 Å². The van der Waals surface area contributed by atoms with Gasteiger partial charge >= 0.3 is 0 Å². The molecule has 0 aliphatic heterocycles. The molecule has 2 aromatic carbocycles. The number of hydrogen-bond donors (Lipinski definition) is 1. The fourth-order valence-corrected chi connectivity index (χ4v) is 3.55. The molecule has 0 unspecified atom stereocenters. The minimum atomic E-state index is -0.600. The highest BCUT2D eigenvalue weighted by molar-refractivity contribution is 6.35. The predicted molar refractivity (Wildman–Crippen MR) is 119 cm³/mol. The number of hydrogen-bond acceptors (Lipinski definition) is 2. The molecule has 0 saturated heterocycles. The van der Waals surface area contributed by atoms with Crippen LogP contribution in [0.1, 0.15) is 45.2 Å². The Morgan fingerprint density at radius 2 is 1.72 bits per heavy atom. The summed E-state index contributed by atoms with van der Waals surface area (Å²) >= 11 is 12.4. The van der Waals surface area contributed by atoms with E-state index in [2.05, 4.69) is 5.32 Å². The lowest BCUT2D eigenvalue weighted by molar-refractivity contribution is -0.141. The summed E-state index contributed by atoms with van der Waals surface area (Å²) in [6.45, 7) is 7.90. The Bertz CT molecular complexity index is 848. The zero-order valence-electron chi connectivity index (χ0n) is 17.3. The molecule has 0 aromatic heterocycles. The zero-order valence-corrected chi connectivity index (χ0v) is 18.8. The Labute approximate surface area is 183 Å². The first-order valence-electron chi connectivity index (χ1n) is 9.70. The van der Waals surface area contributed by atoms with Crippen molar-refractivity contribution in [2.24, 2.45) is 0 Å². The number of halogens is 2. The van der Waals surface area contributed by atoms with E-state index in [1.807, 2.05) is 58.0 Å². The van der Waals surface area contributed by atoms with Gasteiger partial charge in [0.15, 0.2) is 0 Å². The van der Waals surface area contributed by atoms with E-state index >= 15 is 0 Å². The van der Waals surface area contributed by atoms with Crippen molar-refractivity contribution >= 4 is 35.0 Å². The van der Waals surface area contributed by atoms with Crippen molar-refractivity contribution < 1.29 is 9.59 Å². The molecule has 0 fully saturated rings. The van der Waals surface area contributed by atoms with E-state index in [0.717, 1.165) is 11.1 Å². The Morgan fingerprint density at radius 1 is 1.07 bits per heavy atom. The van der Waals surface area contributed by atoms with Crippen molar-refractivity contribution in [2.75, 3.05) is 0 Å². The molecular weight excluding hydrogens is 407 g/mol. The van der Waals surface area contributed by atoms with Crippen molar-refractivity contribution in [3.05, 3.63) is 69.7 Å². The van der Waals surface area contributed by atoms with Crippen LogP contribution in [0.4, 0.5) is 0 Å². The molecule has 0 aliphatic carbocycles. The van der Waals surface area contributed by atoms with Crippen LogP contribution in [0.5, 0.6) is 0 Å². The summed E-state index contributed by atoms with van der Waals surface area (Å²) in [6.07, 6.45) is 0.707. The molecule has 2 rings (SSSR count). The fourth-order valence-electron chi connectivity index (χ4n) is 3.08. The Morgan fingerprint density at radius 3 is 2.28 bits per heavy atom. The van der Waals surface area contributed by atoms with Crippen LogP contribution < -0.4 is 5.32 Å². The van der Waals surface area contributed by atoms with Gasteiger partial charge in [-0.2, -0.15) is 0 Å². The van der Waals surface area contributed by atoms with Gasteiger partial charge in [0.25, 0.3) is 0 Å². The molecule has 2 aromatic rings. The second-order valence-corrected chi connectivity index (χ2v) is 8.93. The minimum absolute atomic E-state index is 0.127. The van der Waals surface area contributed by atoms with Crippen molar-refractivity contribution in [1.82, 2.24) is 10.2 Å². The smallest absolute Gasteiger partial charge is 0.243 e. The van der Waals surface area contributed by atoms with E-state index < -0.39 is 11.6 Å². The molecule has 156 valence electrons. The van der Waals surface area contributed by atoms with Gasteiger partial charge < -0.3 is 10.2 Å². The maximum absolute atomic E-state index is 13.2. The van der Waals surface area contributed by atoms with Gasteiger partial charge in [-0.25, -0.2) is 0 Å². The predicted octanol–water partition coefficient (Wildman–Crippen LogP) is 5.26. The first-order valence-corrected chi connectivity index (χ1v) is 10.5. The molecule has 1 atom stereocenters.